The van der Waals surface area contributed by atoms with Crippen molar-refractivity contribution >= 4 is 36.6 Å². The summed E-state index contributed by atoms with van der Waals surface area (Å²) < 4.78 is 1.21. The van der Waals surface area contributed by atoms with Crippen LogP contribution in [0.25, 0.3) is 0 Å². The summed E-state index contributed by atoms with van der Waals surface area (Å²) in [5.41, 5.74) is 6.31. The van der Waals surface area contributed by atoms with Crippen molar-refractivity contribution in [3.8, 4) is 0 Å². The first-order valence-corrected chi connectivity index (χ1v) is 5.41. The summed E-state index contributed by atoms with van der Waals surface area (Å²) in [6, 6.07) is 6.55. The molecule has 1 aromatic rings. The number of anilines is 2. The van der Waals surface area contributed by atoms with E-state index in [4.69, 9.17) is 0 Å². The minimum Gasteiger partial charge on any atom is -0.337 e. The summed E-state index contributed by atoms with van der Waals surface area (Å²) in [7, 11) is 0. The van der Waals surface area contributed by atoms with E-state index in [2.05, 4.69) is 29.0 Å². The Bertz CT molecular complexity index is 382. The Morgan fingerprint density at radius 3 is 2.59 bits per heavy atom. The van der Waals surface area contributed by atoms with Crippen LogP contribution in [0, 0.1) is 0 Å². The molecule has 0 aliphatic carbocycles. The molecule has 0 spiro atoms. The maximum atomic E-state index is 11.5. The Labute approximate surface area is 105 Å². The highest BCUT2D eigenvalue weighted by Crippen LogP contribution is 2.19. The lowest BCUT2D eigenvalue weighted by molar-refractivity contribution is -0.109. The van der Waals surface area contributed by atoms with Crippen molar-refractivity contribution in [2.75, 3.05) is 16.3 Å². The standard InChI is InChI=1S/C10H14N4O2S/c1-2-11-10(16)14(17)9-5-3-8(4-6-9)13-12-7-15/h3-7,13,17H,2H2,1H3,(H,11,16)(H,12,15). The molecule has 0 saturated heterocycles. The number of nitrogens with one attached hydrogen (secondary N) is 3. The molecule has 7 heteroatoms. The highest BCUT2D eigenvalue weighted by molar-refractivity contribution is 7.82. The smallest absolute Gasteiger partial charge is 0.331 e. The van der Waals surface area contributed by atoms with Crippen molar-refractivity contribution in [2.45, 2.75) is 6.92 Å². The zero-order valence-corrected chi connectivity index (χ0v) is 10.2. The molecule has 6 nitrogen and oxygen atoms in total. The van der Waals surface area contributed by atoms with Gasteiger partial charge in [0.1, 0.15) is 0 Å². The van der Waals surface area contributed by atoms with Crippen LogP contribution in [0.3, 0.4) is 0 Å². The van der Waals surface area contributed by atoms with Crippen molar-refractivity contribution in [2.24, 2.45) is 0 Å². The lowest BCUT2D eigenvalue weighted by Crippen LogP contribution is -2.33. The number of thiol groups is 1. The molecule has 0 aliphatic rings. The summed E-state index contributed by atoms with van der Waals surface area (Å²) >= 11 is 4.08. The first-order chi connectivity index (χ1) is 8.19. The second kappa shape index (κ2) is 6.64. The van der Waals surface area contributed by atoms with Gasteiger partial charge in [0.05, 0.1) is 11.4 Å². The van der Waals surface area contributed by atoms with E-state index in [1.807, 2.05) is 6.92 Å². The number of carbonyl (C=O) groups excluding carboxylic acids is 2. The summed E-state index contributed by atoms with van der Waals surface area (Å²) in [5, 5.41) is 2.63. The van der Waals surface area contributed by atoms with Crippen LogP contribution >= 0.6 is 12.8 Å². The number of hydrazine groups is 1. The quantitative estimate of drug-likeness (QED) is 0.362. The molecule has 0 heterocycles. The van der Waals surface area contributed by atoms with E-state index in [-0.39, 0.29) is 6.03 Å². The third kappa shape index (κ3) is 3.87. The lowest BCUT2D eigenvalue weighted by Gasteiger charge is -2.16. The zero-order valence-electron chi connectivity index (χ0n) is 9.30. The van der Waals surface area contributed by atoms with Crippen LogP contribution < -0.4 is 20.5 Å². The summed E-state index contributed by atoms with van der Waals surface area (Å²) in [6.45, 7) is 2.37. The van der Waals surface area contributed by atoms with Gasteiger partial charge in [-0.3, -0.25) is 15.6 Å². The van der Waals surface area contributed by atoms with Crippen LogP contribution in [0.4, 0.5) is 16.2 Å². The molecule has 0 radical (unpaired) electrons. The summed E-state index contributed by atoms with van der Waals surface area (Å²) in [6.07, 6.45) is 0.535. The van der Waals surface area contributed by atoms with Crippen LogP contribution in [0.15, 0.2) is 24.3 Å². The van der Waals surface area contributed by atoms with E-state index in [0.29, 0.717) is 24.3 Å². The van der Waals surface area contributed by atoms with Crippen LogP contribution in [0.1, 0.15) is 6.92 Å². The fraction of sp³-hybridized carbons (Fsp3) is 0.200. The molecule has 0 fully saturated rings. The van der Waals surface area contributed by atoms with E-state index in [1.165, 1.54) is 4.31 Å². The molecule has 3 amide bonds. The number of benzene rings is 1. The van der Waals surface area contributed by atoms with Crippen LogP contribution in [-0.4, -0.2) is 19.0 Å². The van der Waals surface area contributed by atoms with Gasteiger partial charge in [0, 0.05) is 6.54 Å². The molecule has 92 valence electrons. The molecule has 1 rings (SSSR count). The average molecular weight is 254 g/mol. The number of hydrogen-bond donors (Lipinski definition) is 4. The van der Waals surface area contributed by atoms with Gasteiger partial charge in [-0.2, -0.15) is 0 Å². The summed E-state index contributed by atoms with van der Waals surface area (Å²) in [4.78, 5) is 21.5. The normalized spacial score (nSPS) is 9.29. The van der Waals surface area contributed by atoms with Crippen LogP contribution in [0.2, 0.25) is 0 Å². The molecule has 17 heavy (non-hydrogen) atoms. The SMILES string of the molecule is CCNC(=O)N(S)c1ccc(NNC=O)cc1. The molecular formula is C10H14N4O2S. The predicted molar refractivity (Wildman–Crippen MR) is 69.8 cm³/mol. The fourth-order valence-corrected chi connectivity index (χ4v) is 1.35. The number of urea groups is 1. The van der Waals surface area contributed by atoms with Gasteiger partial charge in [-0.05, 0) is 31.2 Å². The Kier molecular flexibility index (Phi) is 5.15. The maximum absolute atomic E-state index is 11.5. The molecule has 0 unspecified atom stereocenters. The molecule has 0 bridgehead atoms. The third-order valence-corrected chi connectivity index (χ3v) is 2.32. The topological polar surface area (TPSA) is 73.5 Å². The fourth-order valence-electron chi connectivity index (χ4n) is 1.14. The first kappa shape index (κ1) is 13.2. The van der Waals surface area contributed by atoms with E-state index >= 15 is 0 Å². The van der Waals surface area contributed by atoms with E-state index < -0.39 is 0 Å². The largest absolute Gasteiger partial charge is 0.337 e. The van der Waals surface area contributed by atoms with Crippen molar-refractivity contribution in [1.82, 2.24) is 10.7 Å². The van der Waals surface area contributed by atoms with Crippen molar-refractivity contribution < 1.29 is 9.59 Å². The number of carbonyl (C=O) groups is 2. The summed E-state index contributed by atoms with van der Waals surface area (Å²) in [5.74, 6) is 0. The highest BCUT2D eigenvalue weighted by atomic mass is 32.1. The van der Waals surface area contributed by atoms with Crippen LogP contribution in [-0.2, 0) is 4.79 Å². The number of hydrogen-bond acceptors (Lipinski definition) is 4. The van der Waals surface area contributed by atoms with E-state index in [9.17, 15) is 9.59 Å². The van der Waals surface area contributed by atoms with Gasteiger partial charge in [-0.15, -0.1) is 0 Å². The van der Waals surface area contributed by atoms with E-state index in [1.54, 1.807) is 24.3 Å². The lowest BCUT2D eigenvalue weighted by atomic mass is 10.3. The highest BCUT2D eigenvalue weighted by Gasteiger charge is 2.09. The minimum atomic E-state index is -0.289. The Balaban J connectivity index is 2.66. The van der Waals surface area contributed by atoms with Gasteiger partial charge in [-0.25, -0.2) is 9.10 Å². The average Bonchev–Trinajstić information content (AvgIpc) is 2.36. The Morgan fingerprint density at radius 1 is 1.41 bits per heavy atom. The molecular weight excluding hydrogens is 240 g/mol. The Morgan fingerprint density at radius 2 is 2.06 bits per heavy atom. The Hall–Kier alpha value is -1.89. The van der Waals surface area contributed by atoms with Gasteiger partial charge in [0.25, 0.3) is 0 Å². The van der Waals surface area contributed by atoms with Gasteiger partial charge >= 0.3 is 6.03 Å². The monoisotopic (exact) mass is 254 g/mol. The molecule has 0 saturated carbocycles. The number of nitrogens with zero attached hydrogens (tertiary/aromatic N) is 1. The van der Waals surface area contributed by atoms with Crippen molar-refractivity contribution in [1.29, 1.82) is 0 Å². The second-order valence-corrected chi connectivity index (χ2v) is 3.48. The minimum absolute atomic E-state index is 0.289. The number of amides is 3. The molecule has 1 aromatic carbocycles. The second-order valence-electron chi connectivity index (χ2n) is 3.08. The predicted octanol–water partition coefficient (Wildman–Crippen LogP) is 1.14. The van der Waals surface area contributed by atoms with Crippen LogP contribution in [0.5, 0.6) is 0 Å². The number of rotatable bonds is 5. The van der Waals surface area contributed by atoms with Gasteiger partial charge in [0.2, 0.25) is 6.41 Å². The maximum Gasteiger partial charge on any atom is 0.331 e. The van der Waals surface area contributed by atoms with Crippen molar-refractivity contribution in [3.63, 3.8) is 0 Å². The molecule has 0 aromatic heterocycles. The van der Waals surface area contributed by atoms with Gasteiger partial charge in [-0.1, -0.05) is 12.8 Å². The van der Waals surface area contributed by atoms with Gasteiger partial charge in [0.15, 0.2) is 0 Å². The zero-order chi connectivity index (χ0) is 12.7. The third-order valence-electron chi connectivity index (χ3n) is 1.91. The molecule has 0 atom stereocenters. The van der Waals surface area contributed by atoms with Crippen molar-refractivity contribution in [3.05, 3.63) is 24.3 Å². The molecule has 0 aliphatic heterocycles. The van der Waals surface area contributed by atoms with Gasteiger partial charge < -0.3 is 5.32 Å². The van der Waals surface area contributed by atoms with E-state index in [0.717, 1.165) is 0 Å². The first-order valence-electron chi connectivity index (χ1n) is 5.01. The molecule has 3 N–H and O–H groups in total.